The lowest BCUT2D eigenvalue weighted by Crippen LogP contribution is -2.56. The van der Waals surface area contributed by atoms with Gasteiger partial charge in [-0.05, 0) is 32.3 Å². The quantitative estimate of drug-likeness (QED) is 0.319. The van der Waals surface area contributed by atoms with Gasteiger partial charge in [-0.3, -0.25) is 19.3 Å². The number of morpholine rings is 1. The Morgan fingerprint density at radius 1 is 1.27 bits per heavy atom. The Kier molecular flexibility index (Phi) is 8.61. The summed E-state index contributed by atoms with van der Waals surface area (Å²) in [5.41, 5.74) is 0.759. The zero-order chi connectivity index (χ0) is 28.5. The lowest BCUT2D eigenvalue weighted by atomic mass is 9.66. The third kappa shape index (κ3) is 4.86. The first-order valence-electron chi connectivity index (χ1n) is 14.4. The number of likely N-dealkylation sites (tertiary alicyclic amines) is 1. The number of aliphatic hydroxyl groups is 1. The largest absolute Gasteiger partial charge is 0.466 e. The van der Waals surface area contributed by atoms with Crippen LogP contribution >= 0.6 is 11.8 Å². The first-order valence-corrected chi connectivity index (χ1v) is 15.2. The van der Waals surface area contributed by atoms with Gasteiger partial charge in [-0.2, -0.15) is 0 Å². The van der Waals surface area contributed by atoms with Gasteiger partial charge in [0.1, 0.15) is 6.04 Å². The first-order chi connectivity index (χ1) is 19.3. The smallest absolute Gasteiger partial charge is 0.311 e. The third-order valence-corrected chi connectivity index (χ3v) is 11.1. The van der Waals surface area contributed by atoms with Crippen molar-refractivity contribution in [2.45, 2.75) is 48.3 Å². The van der Waals surface area contributed by atoms with E-state index in [0.29, 0.717) is 45.7 Å². The molecule has 4 heterocycles. The molecule has 2 unspecified atom stereocenters. The predicted octanol–water partition coefficient (Wildman–Crippen LogP) is 2.11. The molecule has 40 heavy (non-hydrogen) atoms. The van der Waals surface area contributed by atoms with Crippen LogP contribution in [0.2, 0.25) is 0 Å². The lowest BCUT2D eigenvalue weighted by molar-refractivity contribution is -0.155. The number of thioether (sulfide) groups is 1. The number of amides is 2. The van der Waals surface area contributed by atoms with E-state index in [0.717, 1.165) is 18.7 Å². The van der Waals surface area contributed by atoms with Crippen molar-refractivity contribution < 1.29 is 29.0 Å². The number of fused-ring (bicyclic) bond motifs is 1. The fraction of sp³-hybridized carbons (Fsp3) is 0.633. The number of esters is 1. The van der Waals surface area contributed by atoms with E-state index < -0.39 is 33.4 Å². The van der Waals surface area contributed by atoms with Gasteiger partial charge in [0.15, 0.2) is 0 Å². The van der Waals surface area contributed by atoms with Gasteiger partial charge < -0.3 is 24.4 Å². The molecule has 0 aliphatic carbocycles. The number of nitrogens with zero attached hydrogens (tertiary/aromatic N) is 3. The van der Waals surface area contributed by atoms with Gasteiger partial charge in [0, 0.05) is 37.5 Å². The van der Waals surface area contributed by atoms with Gasteiger partial charge in [0.05, 0.1) is 49.1 Å². The lowest BCUT2D eigenvalue weighted by Gasteiger charge is -2.40. The molecule has 2 bridgehead atoms. The first kappa shape index (κ1) is 29.1. The summed E-state index contributed by atoms with van der Waals surface area (Å²) in [6, 6.07) is 7.83. The number of aliphatic hydroxyl groups excluding tert-OH is 1. The third-order valence-electron chi connectivity index (χ3n) is 9.13. The second kappa shape index (κ2) is 11.8. The highest BCUT2D eigenvalue weighted by Gasteiger charge is 2.78. The molecule has 6 atom stereocenters. The number of ether oxygens (including phenoxy) is 2. The van der Waals surface area contributed by atoms with Gasteiger partial charge in [-0.15, -0.1) is 18.3 Å². The van der Waals surface area contributed by atoms with E-state index in [1.807, 2.05) is 37.3 Å². The molecule has 1 spiro atoms. The number of hydrogen-bond acceptors (Lipinski definition) is 8. The molecule has 1 N–H and O–H groups in total. The minimum atomic E-state index is -0.821. The Bertz CT molecular complexity index is 1110. The maximum atomic E-state index is 14.7. The van der Waals surface area contributed by atoms with Crippen LogP contribution < -0.4 is 0 Å². The predicted molar refractivity (Wildman–Crippen MR) is 153 cm³/mol. The van der Waals surface area contributed by atoms with E-state index in [1.54, 1.807) is 34.6 Å². The molecule has 9 nitrogen and oxygen atoms in total. The summed E-state index contributed by atoms with van der Waals surface area (Å²) in [4.78, 5) is 48.2. The molecule has 2 amide bonds. The summed E-state index contributed by atoms with van der Waals surface area (Å²) in [6.45, 7) is 12.1. The molecule has 1 aromatic carbocycles. The highest BCUT2D eigenvalue weighted by atomic mass is 32.2. The molecule has 10 heteroatoms. The monoisotopic (exact) mass is 571 g/mol. The van der Waals surface area contributed by atoms with Gasteiger partial charge in [0.2, 0.25) is 11.8 Å². The summed E-state index contributed by atoms with van der Waals surface area (Å²) in [7, 11) is 0. The average molecular weight is 572 g/mol. The van der Waals surface area contributed by atoms with Crippen LogP contribution in [-0.4, -0.2) is 112 Å². The second-order valence-electron chi connectivity index (χ2n) is 11.4. The molecule has 4 saturated heterocycles. The van der Waals surface area contributed by atoms with Crippen molar-refractivity contribution in [2.75, 3.05) is 59.2 Å². The minimum absolute atomic E-state index is 0.153. The zero-order valence-electron chi connectivity index (χ0n) is 23.5. The molecule has 0 aromatic heterocycles. The Morgan fingerprint density at radius 3 is 2.65 bits per heavy atom. The van der Waals surface area contributed by atoms with Crippen LogP contribution in [-0.2, 0) is 23.9 Å². The maximum absolute atomic E-state index is 14.7. The zero-order valence-corrected chi connectivity index (χ0v) is 24.3. The van der Waals surface area contributed by atoms with Gasteiger partial charge in [-0.25, -0.2) is 0 Å². The highest BCUT2D eigenvalue weighted by molar-refractivity contribution is 8.02. The summed E-state index contributed by atoms with van der Waals surface area (Å²) >= 11 is 1.62. The summed E-state index contributed by atoms with van der Waals surface area (Å²) in [5, 5.41) is 10.7. The van der Waals surface area contributed by atoms with Crippen molar-refractivity contribution in [3.63, 3.8) is 0 Å². The average Bonchev–Trinajstić information content (AvgIpc) is 3.53. The van der Waals surface area contributed by atoms with Crippen molar-refractivity contribution >= 4 is 29.5 Å². The summed E-state index contributed by atoms with van der Waals surface area (Å²) in [6.07, 6.45) is 3.08. The topological polar surface area (TPSA) is 99.6 Å². The molecule has 0 radical (unpaired) electrons. The van der Waals surface area contributed by atoms with E-state index >= 15 is 0 Å². The second-order valence-corrected chi connectivity index (χ2v) is 13.3. The minimum Gasteiger partial charge on any atom is -0.466 e. The van der Waals surface area contributed by atoms with Crippen molar-refractivity contribution in [2.24, 2.45) is 11.8 Å². The van der Waals surface area contributed by atoms with E-state index in [1.165, 1.54) is 0 Å². The van der Waals surface area contributed by atoms with Crippen LogP contribution in [0.15, 0.2) is 43.0 Å². The molecule has 1 aromatic rings. The fourth-order valence-electron chi connectivity index (χ4n) is 7.31. The van der Waals surface area contributed by atoms with Gasteiger partial charge >= 0.3 is 5.97 Å². The summed E-state index contributed by atoms with van der Waals surface area (Å²) < 4.78 is 9.71. The van der Waals surface area contributed by atoms with Gasteiger partial charge in [0.25, 0.3) is 0 Å². The van der Waals surface area contributed by atoms with Crippen LogP contribution in [0, 0.1) is 11.8 Å². The van der Waals surface area contributed by atoms with Crippen LogP contribution in [0.3, 0.4) is 0 Å². The molecular formula is C30H41N3O6S. The van der Waals surface area contributed by atoms with Crippen molar-refractivity contribution in [1.29, 1.82) is 0 Å². The van der Waals surface area contributed by atoms with E-state index in [4.69, 9.17) is 9.47 Å². The SMILES string of the molecule is C=CCN(CCN1CCOCC1)C(=O)C1N([C@H](CO)c2ccccc2)C(=O)[C@@H]2[C@@H](C(=O)OCC)[C@@]3(C)CCC12S3. The number of hydrogen-bond donors (Lipinski definition) is 1. The standard InChI is InChI=1S/C30H41N3O6S/c1-4-13-32(15-14-31-16-18-38-19-17-31)27(36)25-30-12-11-29(3,40-30)24(28(37)39-5-2)23(30)26(35)33(25)22(20-34)21-9-7-6-8-10-21/h4,6-10,22-25,34H,1,5,11-20H2,2-3H3/t22-,23+,24+,25?,29-,30?/m1/s1. The molecule has 4 fully saturated rings. The molecule has 4 aliphatic heterocycles. The van der Waals surface area contributed by atoms with Crippen molar-refractivity contribution in [3.8, 4) is 0 Å². The normalized spacial score (nSPS) is 32.1. The van der Waals surface area contributed by atoms with E-state index in [9.17, 15) is 19.5 Å². The van der Waals surface area contributed by atoms with Crippen molar-refractivity contribution in [1.82, 2.24) is 14.7 Å². The van der Waals surface area contributed by atoms with Crippen LogP contribution in [0.5, 0.6) is 0 Å². The Labute approximate surface area is 240 Å². The van der Waals surface area contributed by atoms with Crippen LogP contribution in [0.1, 0.15) is 38.3 Å². The van der Waals surface area contributed by atoms with E-state index in [2.05, 4.69) is 11.5 Å². The van der Waals surface area contributed by atoms with Crippen LogP contribution in [0.4, 0.5) is 0 Å². The Balaban J connectivity index is 1.55. The summed E-state index contributed by atoms with van der Waals surface area (Å²) in [5.74, 6) is -2.11. The van der Waals surface area contributed by atoms with Gasteiger partial charge in [-0.1, -0.05) is 36.4 Å². The highest BCUT2D eigenvalue weighted by Crippen LogP contribution is 2.72. The molecule has 218 valence electrons. The number of carbonyl (C=O) groups is 3. The molecule has 0 saturated carbocycles. The number of benzene rings is 1. The molecular weight excluding hydrogens is 530 g/mol. The molecule has 4 aliphatic rings. The van der Waals surface area contributed by atoms with Crippen molar-refractivity contribution in [3.05, 3.63) is 48.6 Å². The molecule has 5 rings (SSSR count). The number of carbonyl (C=O) groups excluding carboxylic acids is 3. The fourth-order valence-corrected chi connectivity index (χ4v) is 9.63. The Morgan fingerprint density at radius 2 is 2.00 bits per heavy atom. The maximum Gasteiger partial charge on any atom is 0.311 e. The number of rotatable bonds is 11. The van der Waals surface area contributed by atoms with E-state index in [-0.39, 0.29) is 31.0 Å². The Hall–Kier alpha value is -2.40. The van der Waals surface area contributed by atoms with Crippen LogP contribution in [0.25, 0.3) is 0 Å².